The number of nitrogens with one attached hydrogen (secondary N) is 1. The van der Waals surface area contributed by atoms with Crippen molar-refractivity contribution in [3.05, 3.63) is 41.6 Å². The van der Waals surface area contributed by atoms with E-state index in [0.717, 1.165) is 5.56 Å². The number of amidine groups is 1. The summed E-state index contributed by atoms with van der Waals surface area (Å²) < 4.78 is 0. The first-order valence-electron chi connectivity index (χ1n) is 5.33. The van der Waals surface area contributed by atoms with Crippen molar-refractivity contribution in [3.63, 3.8) is 0 Å². The Morgan fingerprint density at radius 1 is 1.21 bits per heavy atom. The van der Waals surface area contributed by atoms with Crippen LogP contribution < -0.4 is 5.48 Å². The smallest absolute Gasteiger partial charge is 0.280 e. The van der Waals surface area contributed by atoms with Gasteiger partial charge in [0.1, 0.15) is 12.0 Å². The summed E-state index contributed by atoms with van der Waals surface area (Å²) in [6, 6.07) is 3.44. The molecule has 8 heteroatoms. The number of pyridine rings is 1. The molecule has 0 saturated carbocycles. The Labute approximate surface area is 112 Å². The highest BCUT2D eigenvalue weighted by Gasteiger charge is 2.17. The number of hydrogen-bond acceptors (Lipinski definition) is 7. The van der Waals surface area contributed by atoms with Gasteiger partial charge in [0.25, 0.3) is 6.41 Å². The number of nitrogens with zero attached hydrogens (tertiary/aromatic N) is 4. The molecule has 0 aromatic carbocycles. The van der Waals surface area contributed by atoms with Crippen molar-refractivity contribution >= 4 is 17.4 Å². The molecule has 1 unspecified atom stereocenters. The van der Waals surface area contributed by atoms with Gasteiger partial charge < -0.3 is 5.11 Å². The zero-order valence-electron chi connectivity index (χ0n) is 9.49. The summed E-state index contributed by atoms with van der Waals surface area (Å²) in [5.74, 6) is 0.339. The molecule has 96 valence electrons. The molecule has 2 N–H and O–H groups in total. The fraction of sp³-hybridized carbons (Fsp3) is 0.0909. The molecule has 2 aromatic heterocycles. The van der Waals surface area contributed by atoms with Crippen LogP contribution in [0.1, 0.15) is 5.69 Å². The third-order valence-corrected chi connectivity index (χ3v) is 2.62. The lowest BCUT2D eigenvalue weighted by Gasteiger charge is -2.03. The first-order chi connectivity index (χ1) is 9.22. The van der Waals surface area contributed by atoms with Gasteiger partial charge in [0.2, 0.25) is 0 Å². The van der Waals surface area contributed by atoms with Crippen LogP contribution in [0.3, 0.4) is 0 Å². The summed E-state index contributed by atoms with van der Waals surface area (Å²) in [5.41, 5.74) is 4.39. The monoisotopic (exact) mass is 277 g/mol. The molecular weight excluding hydrogens is 270 g/mol. The standard InChI is InChI=1S/C11H8ClN5O2/c12-7-1-6(3-13-4-7)8-2-9(15-5-14-8)10-16-11(18)19-17-10/h1-5,11,18H,(H,16,17). The van der Waals surface area contributed by atoms with E-state index in [1.54, 1.807) is 24.5 Å². The number of halogens is 1. The van der Waals surface area contributed by atoms with Crippen LogP contribution in [0.4, 0.5) is 0 Å². The number of aliphatic imine (C=N–C) groups is 1. The Bertz CT molecular complexity index is 648. The Kier molecular flexibility index (Phi) is 3.08. The van der Waals surface area contributed by atoms with Crippen LogP contribution in [0.15, 0.2) is 35.8 Å². The van der Waals surface area contributed by atoms with Gasteiger partial charge in [-0.05, 0) is 12.1 Å². The van der Waals surface area contributed by atoms with Gasteiger partial charge in [0.05, 0.1) is 10.7 Å². The minimum absolute atomic E-state index is 0.339. The van der Waals surface area contributed by atoms with Crippen LogP contribution in [0.25, 0.3) is 11.3 Å². The Morgan fingerprint density at radius 2 is 2.05 bits per heavy atom. The number of aliphatic hydroxyl groups excluding tert-OH is 1. The minimum Gasteiger partial charge on any atom is -0.348 e. The topological polar surface area (TPSA) is 92.5 Å². The molecule has 0 radical (unpaired) electrons. The van der Waals surface area contributed by atoms with E-state index in [2.05, 4.69) is 25.4 Å². The summed E-state index contributed by atoms with van der Waals surface area (Å²) in [4.78, 5) is 20.7. The predicted octanol–water partition coefficient (Wildman–Crippen LogP) is 0.749. The number of aliphatic hydroxyl groups is 1. The maximum absolute atomic E-state index is 9.14. The van der Waals surface area contributed by atoms with Crippen molar-refractivity contribution in [1.29, 1.82) is 0 Å². The van der Waals surface area contributed by atoms with Gasteiger partial charge in [-0.15, -0.1) is 0 Å². The highest BCUT2D eigenvalue weighted by Crippen LogP contribution is 2.20. The first kappa shape index (κ1) is 12.0. The lowest BCUT2D eigenvalue weighted by Crippen LogP contribution is -2.20. The first-order valence-corrected chi connectivity index (χ1v) is 5.71. The van der Waals surface area contributed by atoms with E-state index in [0.29, 0.717) is 22.2 Å². The van der Waals surface area contributed by atoms with E-state index in [1.165, 1.54) is 6.33 Å². The van der Waals surface area contributed by atoms with E-state index >= 15 is 0 Å². The van der Waals surface area contributed by atoms with Crippen LogP contribution in [0, 0.1) is 0 Å². The van der Waals surface area contributed by atoms with Crippen molar-refractivity contribution in [2.75, 3.05) is 0 Å². The molecule has 0 amide bonds. The van der Waals surface area contributed by atoms with E-state index in [1.807, 2.05) is 0 Å². The van der Waals surface area contributed by atoms with Crippen LogP contribution >= 0.6 is 11.6 Å². The fourth-order valence-electron chi connectivity index (χ4n) is 1.59. The molecule has 1 aliphatic rings. The number of aromatic nitrogens is 3. The maximum atomic E-state index is 9.14. The number of hydroxylamine groups is 1. The fourth-order valence-corrected chi connectivity index (χ4v) is 1.76. The molecule has 0 spiro atoms. The van der Waals surface area contributed by atoms with Crippen molar-refractivity contribution in [2.24, 2.45) is 4.99 Å². The summed E-state index contributed by atoms with van der Waals surface area (Å²) >= 11 is 5.89. The normalized spacial score (nSPS) is 18.0. The molecule has 19 heavy (non-hydrogen) atoms. The second kappa shape index (κ2) is 4.88. The maximum Gasteiger partial charge on any atom is 0.280 e. The average molecular weight is 278 g/mol. The molecule has 1 atom stereocenters. The third-order valence-electron chi connectivity index (χ3n) is 2.41. The van der Waals surface area contributed by atoms with Crippen molar-refractivity contribution in [2.45, 2.75) is 6.41 Å². The average Bonchev–Trinajstić information content (AvgIpc) is 2.86. The zero-order chi connectivity index (χ0) is 13.2. The Balaban J connectivity index is 1.98. The van der Waals surface area contributed by atoms with E-state index in [9.17, 15) is 0 Å². The van der Waals surface area contributed by atoms with Crippen LogP contribution in [-0.4, -0.2) is 32.3 Å². The third kappa shape index (κ3) is 2.53. The number of rotatable bonds is 2. The molecule has 3 heterocycles. The van der Waals surface area contributed by atoms with Crippen LogP contribution in [0.5, 0.6) is 0 Å². The summed E-state index contributed by atoms with van der Waals surface area (Å²) in [5, 5.41) is 9.66. The van der Waals surface area contributed by atoms with Gasteiger partial charge in [0.15, 0.2) is 5.84 Å². The zero-order valence-corrected chi connectivity index (χ0v) is 10.2. The second-order valence-electron chi connectivity index (χ2n) is 3.70. The lowest BCUT2D eigenvalue weighted by atomic mass is 10.2. The quantitative estimate of drug-likeness (QED) is 0.841. The van der Waals surface area contributed by atoms with Gasteiger partial charge >= 0.3 is 0 Å². The lowest BCUT2D eigenvalue weighted by molar-refractivity contribution is -0.102. The van der Waals surface area contributed by atoms with Crippen molar-refractivity contribution < 1.29 is 9.94 Å². The van der Waals surface area contributed by atoms with Gasteiger partial charge in [-0.1, -0.05) is 11.6 Å². The SMILES string of the molecule is OC1N=C(c2cc(-c3cncc(Cl)c3)ncn2)NO1. The van der Waals surface area contributed by atoms with E-state index < -0.39 is 6.41 Å². The molecule has 0 fully saturated rings. The molecule has 0 bridgehead atoms. The molecule has 1 aliphatic heterocycles. The largest absolute Gasteiger partial charge is 0.348 e. The van der Waals surface area contributed by atoms with Crippen LogP contribution in [-0.2, 0) is 4.84 Å². The Morgan fingerprint density at radius 3 is 2.79 bits per heavy atom. The highest BCUT2D eigenvalue weighted by molar-refractivity contribution is 6.30. The molecule has 0 aliphatic carbocycles. The number of hydrogen-bond donors (Lipinski definition) is 2. The highest BCUT2D eigenvalue weighted by atomic mass is 35.5. The van der Waals surface area contributed by atoms with Gasteiger partial charge in [-0.3, -0.25) is 4.98 Å². The summed E-state index contributed by atoms with van der Waals surface area (Å²) in [6.07, 6.45) is 3.36. The molecule has 7 nitrogen and oxygen atoms in total. The van der Waals surface area contributed by atoms with Crippen LogP contribution in [0.2, 0.25) is 5.02 Å². The molecule has 2 aromatic rings. The van der Waals surface area contributed by atoms with Gasteiger partial charge in [-0.2, -0.15) is 0 Å². The summed E-state index contributed by atoms with van der Waals surface area (Å²) in [7, 11) is 0. The van der Waals surface area contributed by atoms with Gasteiger partial charge in [-0.25, -0.2) is 25.3 Å². The van der Waals surface area contributed by atoms with E-state index in [-0.39, 0.29) is 0 Å². The van der Waals surface area contributed by atoms with Gasteiger partial charge in [0, 0.05) is 18.0 Å². The molecular formula is C11H8ClN5O2. The predicted molar refractivity (Wildman–Crippen MR) is 67.0 cm³/mol. The van der Waals surface area contributed by atoms with E-state index in [4.69, 9.17) is 21.5 Å². The second-order valence-corrected chi connectivity index (χ2v) is 4.14. The molecule has 0 saturated heterocycles. The molecule has 3 rings (SSSR count). The van der Waals surface area contributed by atoms with Crippen molar-refractivity contribution in [1.82, 2.24) is 20.4 Å². The minimum atomic E-state index is -1.22. The van der Waals surface area contributed by atoms with Crippen molar-refractivity contribution in [3.8, 4) is 11.3 Å². The Hall–Kier alpha value is -2.09. The summed E-state index contributed by atoms with van der Waals surface area (Å²) in [6.45, 7) is 0.